The third-order valence-electron chi connectivity index (χ3n) is 7.63. The molecule has 0 aliphatic rings. The van der Waals surface area contributed by atoms with Crippen molar-refractivity contribution in [3.8, 4) is 16.9 Å². The summed E-state index contributed by atoms with van der Waals surface area (Å²) in [7, 11) is 0. The number of esters is 1. The minimum absolute atomic E-state index is 0.0226. The van der Waals surface area contributed by atoms with Crippen molar-refractivity contribution in [3.63, 3.8) is 0 Å². The van der Waals surface area contributed by atoms with Gasteiger partial charge in [-0.15, -0.1) is 0 Å². The molecule has 2 N–H and O–H groups in total. The lowest BCUT2D eigenvalue weighted by Crippen LogP contribution is -2.35. The number of hydrogen-bond acceptors (Lipinski definition) is 7. The summed E-state index contributed by atoms with van der Waals surface area (Å²) in [6.07, 6.45) is 3.70. The number of carbonyl (C=O) groups excluding carboxylic acids is 2. The summed E-state index contributed by atoms with van der Waals surface area (Å²) in [6.45, 7) is 3.58. The van der Waals surface area contributed by atoms with Gasteiger partial charge < -0.3 is 19.9 Å². The number of carbonyl (C=O) groups is 2. The van der Waals surface area contributed by atoms with Gasteiger partial charge in [-0.25, -0.2) is 15.0 Å². The Labute approximate surface area is 285 Å². The predicted molar refractivity (Wildman–Crippen MR) is 180 cm³/mol. The van der Waals surface area contributed by atoms with E-state index in [4.69, 9.17) is 4.74 Å². The Morgan fingerprint density at radius 2 is 1.76 bits per heavy atom. The molecule has 0 fully saturated rings. The number of benzene rings is 3. The van der Waals surface area contributed by atoms with Crippen LogP contribution in [0.15, 0.2) is 116 Å². The van der Waals surface area contributed by atoms with Crippen LogP contribution in [0.3, 0.4) is 0 Å². The Balaban J connectivity index is 1.16. The average molecular weight is 679 g/mol. The lowest BCUT2D eigenvalue weighted by molar-refractivity contribution is -0.727. The van der Waals surface area contributed by atoms with Gasteiger partial charge in [0.05, 0.1) is 35.3 Å². The first-order valence-electron chi connectivity index (χ1n) is 15.4. The van der Waals surface area contributed by atoms with Crippen LogP contribution in [0.4, 0.5) is 30.5 Å². The Morgan fingerprint density at radius 3 is 2.52 bits per heavy atom. The van der Waals surface area contributed by atoms with Crippen LogP contribution >= 0.6 is 0 Å². The van der Waals surface area contributed by atoms with E-state index >= 15 is 0 Å². The van der Waals surface area contributed by atoms with Crippen molar-refractivity contribution < 1.29 is 32.1 Å². The summed E-state index contributed by atoms with van der Waals surface area (Å²) in [4.78, 5) is 38.7. The smallest absolute Gasteiger partial charge is 0.405 e. The van der Waals surface area contributed by atoms with E-state index in [1.165, 1.54) is 17.0 Å². The van der Waals surface area contributed by atoms with Crippen LogP contribution in [-0.4, -0.2) is 31.4 Å². The number of rotatable bonds is 10. The van der Waals surface area contributed by atoms with Crippen LogP contribution in [0.2, 0.25) is 0 Å². The summed E-state index contributed by atoms with van der Waals surface area (Å²) in [5, 5.41) is 5.74. The molecule has 10 nitrogen and oxygen atoms in total. The second-order valence-electron chi connectivity index (χ2n) is 11.5. The molecule has 0 atom stereocenters. The minimum atomic E-state index is -4.63. The Bertz CT molecular complexity index is 2170. The first-order valence-corrected chi connectivity index (χ1v) is 15.4. The quantitative estimate of drug-likeness (QED) is 0.119. The van der Waals surface area contributed by atoms with Crippen molar-refractivity contribution in [1.29, 1.82) is 0 Å². The lowest BCUT2D eigenvalue weighted by Gasteiger charge is -2.14. The normalized spacial score (nSPS) is 11.2. The van der Waals surface area contributed by atoms with Gasteiger partial charge in [0.15, 0.2) is 12.4 Å². The maximum Gasteiger partial charge on any atom is 0.416 e. The number of imidazole rings is 1. The molecule has 6 rings (SSSR count). The van der Waals surface area contributed by atoms with Crippen LogP contribution < -0.4 is 15.2 Å². The van der Waals surface area contributed by atoms with E-state index in [1.807, 2.05) is 49.4 Å². The second kappa shape index (κ2) is 14.4. The fourth-order valence-electron chi connectivity index (χ4n) is 5.07. The Hall–Kier alpha value is -6.37. The van der Waals surface area contributed by atoms with E-state index in [9.17, 15) is 22.8 Å². The van der Waals surface area contributed by atoms with E-state index in [2.05, 4.69) is 25.6 Å². The molecule has 0 bridgehead atoms. The Kier molecular flexibility index (Phi) is 9.66. The maximum absolute atomic E-state index is 13.7. The van der Waals surface area contributed by atoms with Crippen LogP contribution in [0.1, 0.15) is 32.7 Å². The average Bonchev–Trinajstić information content (AvgIpc) is 3.55. The number of nitrogens with one attached hydrogen (secondary N) is 2. The zero-order valence-corrected chi connectivity index (χ0v) is 27.0. The fourth-order valence-corrected chi connectivity index (χ4v) is 5.07. The number of hydrogen-bond donors (Lipinski definition) is 2. The van der Waals surface area contributed by atoms with E-state index < -0.39 is 17.6 Å². The van der Waals surface area contributed by atoms with Crippen molar-refractivity contribution in [2.45, 2.75) is 33.2 Å². The van der Waals surface area contributed by atoms with Gasteiger partial charge in [0.2, 0.25) is 5.95 Å². The summed E-state index contributed by atoms with van der Waals surface area (Å²) in [6, 6.07) is 23.0. The largest absolute Gasteiger partial charge is 0.416 e. The molecular formula is C37H31F3N7O3+. The van der Waals surface area contributed by atoms with Gasteiger partial charge >= 0.3 is 12.1 Å². The maximum atomic E-state index is 13.7. The van der Waals surface area contributed by atoms with Gasteiger partial charge in [-0.3, -0.25) is 9.59 Å². The zero-order valence-electron chi connectivity index (χ0n) is 27.0. The summed E-state index contributed by atoms with van der Waals surface area (Å²) < 4.78 is 49.9. The van der Waals surface area contributed by atoms with E-state index in [0.29, 0.717) is 17.1 Å². The molecule has 3 aromatic carbocycles. The molecule has 0 radical (unpaired) electrons. The third-order valence-corrected chi connectivity index (χ3v) is 7.63. The molecule has 1 amide bonds. The summed E-state index contributed by atoms with van der Waals surface area (Å²) in [5.74, 6) is -0.697. The molecule has 0 spiro atoms. The van der Waals surface area contributed by atoms with Gasteiger partial charge in [-0.05, 0) is 67.4 Å². The number of pyridine rings is 1. The number of ether oxygens (including phenoxy) is 1. The van der Waals surface area contributed by atoms with Crippen LogP contribution in [0.25, 0.3) is 16.9 Å². The fraction of sp³-hybridized carbons (Fsp3) is 0.135. The second-order valence-corrected chi connectivity index (χ2v) is 11.5. The van der Waals surface area contributed by atoms with Gasteiger partial charge in [-0.1, -0.05) is 36.4 Å². The molecule has 3 heterocycles. The first kappa shape index (κ1) is 33.5. The van der Waals surface area contributed by atoms with Crippen LogP contribution in [-0.2, 0) is 28.9 Å². The molecule has 6 aromatic rings. The number of aryl methyl sites for hydroxylation is 2. The number of amides is 1. The SMILES string of the molecule is Cc1cn(-c2cc(NC(=O)c3ccc(C)c(Nc4nccc(-c5ccc[n+](COC(=O)Cc6ccccc6)c5)n4)c3)cc(C(F)(F)F)c2)cn1. The number of anilines is 3. The predicted octanol–water partition coefficient (Wildman–Crippen LogP) is 6.99. The van der Waals surface area contributed by atoms with Gasteiger partial charge in [-0.2, -0.15) is 17.7 Å². The Morgan fingerprint density at radius 1 is 0.940 bits per heavy atom. The molecule has 252 valence electrons. The summed E-state index contributed by atoms with van der Waals surface area (Å²) in [5.41, 5.74) is 3.61. The molecule has 50 heavy (non-hydrogen) atoms. The number of aromatic nitrogens is 5. The number of nitrogens with zero attached hydrogens (tertiary/aromatic N) is 5. The van der Waals surface area contributed by atoms with Crippen LogP contribution in [0.5, 0.6) is 0 Å². The van der Waals surface area contributed by atoms with Crippen molar-refractivity contribution in [3.05, 3.63) is 144 Å². The summed E-state index contributed by atoms with van der Waals surface area (Å²) >= 11 is 0. The van der Waals surface area contributed by atoms with E-state index in [0.717, 1.165) is 28.8 Å². The van der Waals surface area contributed by atoms with Crippen molar-refractivity contribution in [2.24, 2.45) is 0 Å². The molecule has 13 heteroatoms. The minimum Gasteiger partial charge on any atom is -0.405 e. The van der Waals surface area contributed by atoms with Crippen molar-refractivity contribution in [1.82, 2.24) is 19.5 Å². The first-order chi connectivity index (χ1) is 24.0. The zero-order chi connectivity index (χ0) is 35.3. The van der Waals surface area contributed by atoms with Gasteiger partial charge in [0.25, 0.3) is 12.6 Å². The van der Waals surface area contributed by atoms with E-state index in [1.54, 1.807) is 60.5 Å². The molecule has 3 aromatic heterocycles. The highest BCUT2D eigenvalue weighted by Crippen LogP contribution is 2.33. The molecule has 0 saturated carbocycles. The topological polar surface area (TPSA) is 115 Å². The number of halogens is 3. The standard InChI is InChI=1S/C37H30F3N7O3/c1-24-10-11-27(35(49)43-30-17-29(37(38,39)40)18-31(19-30)47-20-25(2)42-22-47)16-33(24)45-36-41-13-12-32(44-36)28-9-6-14-46(21-28)23-50-34(48)15-26-7-4-3-5-8-26/h3-14,16-22H,15,23H2,1-2H3,(H-,41,43,44,45,49)/p+1. The molecule has 0 saturated heterocycles. The third kappa shape index (κ3) is 8.37. The van der Waals surface area contributed by atoms with Gasteiger partial charge in [0, 0.05) is 41.1 Å². The van der Waals surface area contributed by atoms with Crippen LogP contribution in [0, 0.1) is 13.8 Å². The molecule has 0 aliphatic carbocycles. The monoisotopic (exact) mass is 678 g/mol. The highest BCUT2D eigenvalue weighted by atomic mass is 19.4. The number of alkyl halides is 3. The highest BCUT2D eigenvalue weighted by molar-refractivity contribution is 6.05. The molecule has 0 aliphatic heterocycles. The van der Waals surface area contributed by atoms with Gasteiger partial charge in [0.1, 0.15) is 0 Å². The highest BCUT2D eigenvalue weighted by Gasteiger charge is 2.31. The molecular weight excluding hydrogens is 647 g/mol. The molecule has 0 unspecified atom stereocenters. The van der Waals surface area contributed by atoms with Crippen molar-refractivity contribution >= 4 is 29.2 Å². The van der Waals surface area contributed by atoms with Crippen molar-refractivity contribution in [2.75, 3.05) is 10.6 Å². The van der Waals surface area contributed by atoms with E-state index in [-0.39, 0.29) is 42.0 Å². The lowest BCUT2D eigenvalue weighted by atomic mass is 10.1.